The molecule has 0 aliphatic heterocycles. The lowest BCUT2D eigenvalue weighted by Crippen LogP contribution is -2.11. The van der Waals surface area contributed by atoms with Gasteiger partial charge in [-0.15, -0.1) is 0 Å². The lowest BCUT2D eigenvalue weighted by molar-refractivity contribution is 0.395. The molecule has 2 N–H and O–H groups in total. The van der Waals surface area contributed by atoms with E-state index in [0.29, 0.717) is 22.7 Å². The smallest absolute Gasteiger partial charge is 0.149 e. The maximum Gasteiger partial charge on any atom is 0.149 e. The molecule has 0 aromatic heterocycles. The summed E-state index contributed by atoms with van der Waals surface area (Å²) in [6.45, 7) is 0. The Balaban J connectivity index is 3.46. The van der Waals surface area contributed by atoms with E-state index in [9.17, 15) is 0 Å². The molecule has 1 aromatic carbocycles. The summed E-state index contributed by atoms with van der Waals surface area (Å²) < 4.78 is 10.3. The third-order valence-corrected chi connectivity index (χ3v) is 2.24. The lowest BCUT2D eigenvalue weighted by Gasteiger charge is -2.11. The molecule has 0 saturated carbocycles. The van der Waals surface area contributed by atoms with Crippen LogP contribution in [-0.4, -0.2) is 24.4 Å². The fraction of sp³-hybridized carbons (Fsp3) is 0.200. The highest BCUT2D eigenvalue weighted by molar-refractivity contribution is 7.80. The van der Waals surface area contributed by atoms with Crippen molar-refractivity contribution in [2.45, 2.75) is 0 Å². The number of benzene rings is 1. The van der Waals surface area contributed by atoms with Gasteiger partial charge in [0.15, 0.2) is 0 Å². The van der Waals surface area contributed by atoms with Crippen LogP contribution in [0.4, 0.5) is 5.69 Å². The average Bonchev–Trinajstić information content (AvgIpc) is 2.28. The fourth-order valence-electron chi connectivity index (χ4n) is 1.21. The van der Waals surface area contributed by atoms with Crippen molar-refractivity contribution in [1.29, 1.82) is 0 Å². The minimum absolute atomic E-state index is 0.223. The SMILES string of the molecule is COc1cc(OC)c(C(N)=S)cc1N=C=S. The summed E-state index contributed by atoms with van der Waals surface area (Å²) in [5, 5.41) is 2.27. The molecule has 4 nitrogen and oxygen atoms in total. The minimum atomic E-state index is 0.223. The minimum Gasteiger partial charge on any atom is -0.496 e. The topological polar surface area (TPSA) is 56.8 Å². The molecular formula is C10H10N2O2S2. The number of thiocarbonyl (C=S) groups is 2. The molecule has 0 atom stereocenters. The van der Waals surface area contributed by atoms with E-state index in [1.807, 2.05) is 0 Å². The number of rotatable bonds is 4. The molecule has 16 heavy (non-hydrogen) atoms. The Kier molecular flexibility index (Phi) is 4.37. The molecule has 1 rings (SSSR count). The Bertz CT molecular complexity index is 443. The van der Waals surface area contributed by atoms with Crippen molar-refractivity contribution < 1.29 is 9.47 Å². The highest BCUT2D eigenvalue weighted by Crippen LogP contribution is 2.34. The van der Waals surface area contributed by atoms with Crippen molar-refractivity contribution in [2.24, 2.45) is 10.7 Å². The van der Waals surface area contributed by atoms with Gasteiger partial charge in [0.2, 0.25) is 0 Å². The number of ether oxygens (including phenoxy) is 2. The van der Waals surface area contributed by atoms with Gasteiger partial charge in [0.25, 0.3) is 0 Å². The second kappa shape index (κ2) is 5.55. The zero-order valence-corrected chi connectivity index (χ0v) is 10.4. The van der Waals surface area contributed by atoms with Crippen LogP contribution in [0.15, 0.2) is 17.1 Å². The summed E-state index contributed by atoms with van der Waals surface area (Å²) in [5.41, 5.74) is 6.67. The zero-order chi connectivity index (χ0) is 12.1. The lowest BCUT2D eigenvalue weighted by atomic mass is 10.1. The van der Waals surface area contributed by atoms with Gasteiger partial charge in [0.1, 0.15) is 22.2 Å². The third kappa shape index (κ3) is 2.55. The van der Waals surface area contributed by atoms with E-state index in [0.717, 1.165) is 0 Å². The van der Waals surface area contributed by atoms with Crippen molar-refractivity contribution in [2.75, 3.05) is 14.2 Å². The van der Waals surface area contributed by atoms with Crippen LogP contribution in [0.2, 0.25) is 0 Å². The average molecular weight is 254 g/mol. The summed E-state index contributed by atoms with van der Waals surface area (Å²) in [6.07, 6.45) is 0. The number of hydrogen-bond acceptors (Lipinski definition) is 5. The molecule has 0 bridgehead atoms. The monoisotopic (exact) mass is 254 g/mol. The van der Waals surface area contributed by atoms with E-state index < -0.39 is 0 Å². The van der Waals surface area contributed by atoms with Crippen molar-refractivity contribution in [3.63, 3.8) is 0 Å². The number of methoxy groups -OCH3 is 2. The number of nitrogens with zero attached hydrogens (tertiary/aromatic N) is 1. The van der Waals surface area contributed by atoms with E-state index in [1.165, 1.54) is 14.2 Å². The Morgan fingerprint density at radius 2 is 1.94 bits per heavy atom. The van der Waals surface area contributed by atoms with E-state index in [2.05, 4.69) is 22.4 Å². The highest BCUT2D eigenvalue weighted by Gasteiger charge is 2.12. The predicted molar refractivity (Wildman–Crippen MR) is 70.1 cm³/mol. The van der Waals surface area contributed by atoms with Crippen LogP contribution in [0.1, 0.15) is 5.56 Å². The van der Waals surface area contributed by atoms with Gasteiger partial charge in [-0.2, -0.15) is 4.99 Å². The first-order chi connectivity index (χ1) is 7.63. The summed E-state index contributed by atoms with van der Waals surface area (Å²) >= 11 is 9.45. The number of nitrogens with two attached hydrogens (primary N) is 1. The molecule has 0 aliphatic rings. The predicted octanol–water partition coefficient (Wildman–Crippen LogP) is 2.07. The Hall–Kier alpha value is -1.49. The first-order valence-electron chi connectivity index (χ1n) is 4.27. The van der Waals surface area contributed by atoms with Gasteiger partial charge in [0.05, 0.1) is 24.9 Å². The zero-order valence-electron chi connectivity index (χ0n) is 8.81. The number of aliphatic imine (C=N–C) groups is 1. The molecule has 84 valence electrons. The first-order valence-corrected chi connectivity index (χ1v) is 5.09. The van der Waals surface area contributed by atoms with Gasteiger partial charge < -0.3 is 15.2 Å². The van der Waals surface area contributed by atoms with Crippen LogP contribution in [0.25, 0.3) is 0 Å². The van der Waals surface area contributed by atoms with Gasteiger partial charge in [-0.3, -0.25) is 0 Å². The molecule has 0 aliphatic carbocycles. The molecule has 0 heterocycles. The molecule has 0 amide bonds. The first kappa shape index (κ1) is 12.6. The quantitative estimate of drug-likeness (QED) is 0.658. The van der Waals surface area contributed by atoms with E-state index in [4.69, 9.17) is 27.4 Å². The summed E-state index contributed by atoms with van der Waals surface area (Å²) in [6, 6.07) is 3.30. The van der Waals surface area contributed by atoms with Crippen molar-refractivity contribution in [1.82, 2.24) is 0 Å². The van der Waals surface area contributed by atoms with Gasteiger partial charge in [0, 0.05) is 6.07 Å². The molecule has 0 fully saturated rings. The summed E-state index contributed by atoms with van der Waals surface area (Å²) in [4.78, 5) is 4.09. The second-order valence-corrected chi connectivity index (χ2v) is 3.41. The molecular weight excluding hydrogens is 244 g/mol. The van der Waals surface area contributed by atoms with Crippen molar-refractivity contribution in [3.05, 3.63) is 17.7 Å². The van der Waals surface area contributed by atoms with Crippen LogP contribution in [0, 0.1) is 0 Å². The standard InChI is InChI=1S/C10H10N2O2S2/c1-13-8-4-9(14-2)7(12-5-15)3-6(8)10(11)16/h3-4H,1-2H3,(H2,11,16). The summed E-state index contributed by atoms with van der Waals surface area (Å²) in [5.74, 6) is 1.06. The van der Waals surface area contributed by atoms with Crippen LogP contribution in [-0.2, 0) is 0 Å². The fourth-order valence-corrected chi connectivity index (χ4v) is 1.47. The third-order valence-electron chi connectivity index (χ3n) is 1.93. The van der Waals surface area contributed by atoms with Gasteiger partial charge in [-0.1, -0.05) is 12.2 Å². The maximum atomic E-state index is 5.57. The highest BCUT2D eigenvalue weighted by atomic mass is 32.1. The Labute approximate surface area is 104 Å². The van der Waals surface area contributed by atoms with Crippen LogP contribution in [0.3, 0.4) is 0 Å². The second-order valence-electron chi connectivity index (χ2n) is 2.79. The van der Waals surface area contributed by atoms with Gasteiger partial charge in [-0.05, 0) is 18.3 Å². The van der Waals surface area contributed by atoms with Gasteiger partial charge in [-0.25, -0.2) is 0 Å². The normalized spacial score (nSPS) is 9.12. The molecule has 0 radical (unpaired) electrons. The molecule has 6 heteroatoms. The Morgan fingerprint density at radius 3 is 2.38 bits per heavy atom. The maximum absolute atomic E-state index is 5.57. The Morgan fingerprint density at radius 1 is 1.31 bits per heavy atom. The molecule has 0 spiro atoms. The van der Waals surface area contributed by atoms with Gasteiger partial charge >= 0.3 is 0 Å². The largest absolute Gasteiger partial charge is 0.496 e. The number of isothiocyanates is 1. The van der Waals surface area contributed by atoms with Crippen LogP contribution < -0.4 is 15.2 Å². The van der Waals surface area contributed by atoms with Crippen molar-refractivity contribution in [3.8, 4) is 11.5 Å². The van der Waals surface area contributed by atoms with E-state index in [-0.39, 0.29) is 4.99 Å². The molecule has 0 unspecified atom stereocenters. The number of hydrogen-bond donors (Lipinski definition) is 1. The van der Waals surface area contributed by atoms with Crippen molar-refractivity contribution >= 4 is 40.3 Å². The van der Waals surface area contributed by atoms with E-state index in [1.54, 1.807) is 12.1 Å². The van der Waals surface area contributed by atoms with Crippen LogP contribution >= 0.6 is 24.4 Å². The summed E-state index contributed by atoms with van der Waals surface area (Å²) in [7, 11) is 3.05. The molecule has 1 aromatic rings. The van der Waals surface area contributed by atoms with E-state index >= 15 is 0 Å². The molecule has 0 saturated heterocycles. The van der Waals surface area contributed by atoms with Crippen LogP contribution in [0.5, 0.6) is 11.5 Å².